The molecule has 0 unspecified atom stereocenters. The molecule has 0 fully saturated rings. The van der Waals surface area contributed by atoms with E-state index in [1.165, 1.54) is 5.56 Å². The predicted molar refractivity (Wildman–Crippen MR) is 73.5 cm³/mol. The number of methoxy groups -OCH3 is 1. The number of aryl methyl sites for hydroxylation is 2. The van der Waals surface area contributed by atoms with E-state index in [4.69, 9.17) is 4.74 Å². The summed E-state index contributed by atoms with van der Waals surface area (Å²) in [5.41, 5.74) is 2.13. The Labute approximate surface area is 108 Å². The highest BCUT2D eigenvalue weighted by Crippen LogP contribution is 2.27. The maximum atomic E-state index is 5.35. The second kappa shape index (κ2) is 5.58. The standard InChI is InChI=1S/C14H19N3O/c1-4-8-17-9-7-15-14(17)16-12-10-11(2)5-6-13(12)18-3/h5-7,9-10H,4,8H2,1-3H3,(H,15,16). The van der Waals surface area contributed by atoms with Gasteiger partial charge in [-0.2, -0.15) is 0 Å². The summed E-state index contributed by atoms with van der Waals surface area (Å²) in [4.78, 5) is 4.33. The van der Waals surface area contributed by atoms with Crippen LogP contribution in [0.2, 0.25) is 0 Å². The van der Waals surface area contributed by atoms with Gasteiger partial charge in [0.25, 0.3) is 0 Å². The molecule has 2 rings (SSSR count). The van der Waals surface area contributed by atoms with Gasteiger partial charge in [0.1, 0.15) is 5.75 Å². The summed E-state index contributed by atoms with van der Waals surface area (Å²) < 4.78 is 7.45. The smallest absolute Gasteiger partial charge is 0.207 e. The van der Waals surface area contributed by atoms with Crippen LogP contribution in [0, 0.1) is 6.92 Å². The van der Waals surface area contributed by atoms with Crippen LogP contribution in [0.1, 0.15) is 18.9 Å². The van der Waals surface area contributed by atoms with Crippen molar-refractivity contribution in [1.29, 1.82) is 0 Å². The van der Waals surface area contributed by atoms with Gasteiger partial charge in [-0.3, -0.25) is 0 Å². The third-order valence-corrected chi connectivity index (χ3v) is 2.78. The molecule has 0 atom stereocenters. The molecule has 96 valence electrons. The molecule has 0 aliphatic heterocycles. The maximum Gasteiger partial charge on any atom is 0.207 e. The van der Waals surface area contributed by atoms with Crippen molar-refractivity contribution in [3.8, 4) is 5.75 Å². The molecule has 0 saturated carbocycles. The highest BCUT2D eigenvalue weighted by Gasteiger charge is 2.07. The Morgan fingerprint density at radius 1 is 1.39 bits per heavy atom. The molecule has 0 amide bonds. The van der Waals surface area contributed by atoms with E-state index in [1.807, 2.05) is 18.3 Å². The van der Waals surface area contributed by atoms with Gasteiger partial charge < -0.3 is 14.6 Å². The number of benzene rings is 1. The van der Waals surface area contributed by atoms with Crippen LogP contribution >= 0.6 is 0 Å². The Morgan fingerprint density at radius 3 is 2.94 bits per heavy atom. The van der Waals surface area contributed by atoms with E-state index in [-0.39, 0.29) is 0 Å². The van der Waals surface area contributed by atoms with Gasteiger partial charge in [-0.05, 0) is 31.0 Å². The summed E-state index contributed by atoms with van der Waals surface area (Å²) in [6.07, 6.45) is 4.87. The molecule has 0 radical (unpaired) electrons. The molecule has 0 bridgehead atoms. The van der Waals surface area contributed by atoms with Gasteiger partial charge in [0.15, 0.2) is 0 Å². The number of hydrogen-bond acceptors (Lipinski definition) is 3. The molecule has 2 aromatic rings. The summed E-state index contributed by atoms with van der Waals surface area (Å²) in [5, 5.41) is 3.32. The molecule has 1 heterocycles. The topological polar surface area (TPSA) is 39.1 Å². The lowest BCUT2D eigenvalue weighted by Gasteiger charge is -2.12. The predicted octanol–water partition coefficient (Wildman–Crippen LogP) is 3.35. The Bertz CT molecular complexity index is 520. The quantitative estimate of drug-likeness (QED) is 0.878. The number of nitrogens with zero attached hydrogens (tertiary/aromatic N) is 2. The Kier molecular flexibility index (Phi) is 3.87. The second-order valence-corrected chi connectivity index (χ2v) is 4.27. The van der Waals surface area contributed by atoms with Gasteiger partial charge in [0, 0.05) is 18.9 Å². The largest absolute Gasteiger partial charge is 0.495 e. The lowest BCUT2D eigenvalue weighted by Crippen LogP contribution is -2.04. The van der Waals surface area contributed by atoms with Crippen LogP contribution in [0.4, 0.5) is 11.6 Å². The molecule has 18 heavy (non-hydrogen) atoms. The first-order valence-electron chi connectivity index (χ1n) is 6.17. The summed E-state index contributed by atoms with van der Waals surface area (Å²) in [5.74, 6) is 1.67. The number of imidazole rings is 1. The van der Waals surface area contributed by atoms with E-state index < -0.39 is 0 Å². The zero-order valence-electron chi connectivity index (χ0n) is 11.1. The van der Waals surface area contributed by atoms with Crippen molar-refractivity contribution in [2.75, 3.05) is 12.4 Å². The molecule has 1 N–H and O–H groups in total. The van der Waals surface area contributed by atoms with Crippen LogP contribution in [0.25, 0.3) is 0 Å². The summed E-state index contributed by atoms with van der Waals surface area (Å²) in [6.45, 7) is 5.16. The van der Waals surface area contributed by atoms with Crippen molar-refractivity contribution in [2.24, 2.45) is 0 Å². The van der Waals surface area contributed by atoms with E-state index in [9.17, 15) is 0 Å². The minimum absolute atomic E-state index is 0.826. The van der Waals surface area contributed by atoms with Crippen LogP contribution in [0.3, 0.4) is 0 Å². The van der Waals surface area contributed by atoms with E-state index in [0.717, 1.165) is 30.4 Å². The molecule has 4 heteroatoms. The fourth-order valence-electron chi connectivity index (χ4n) is 1.89. The lowest BCUT2D eigenvalue weighted by atomic mass is 10.2. The Hall–Kier alpha value is -1.97. The second-order valence-electron chi connectivity index (χ2n) is 4.27. The number of ether oxygens (including phenoxy) is 1. The van der Waals surface area contributed by atoms with Crippen LogP contribution < -0.4 is 10.1 Å². The minimum atomic E-state index is 0.826. The van der Waals surface area contributed by atoms with Gasteiger partial charge in [-0.25, -0.2) is 4.98 Å². The molecule has 1 aromatic carbocycles. The normalized spacial score (nSPS) is 10.4. The molecule has 0 saturated heterocycles. The first kappa shape index (κ1) is 12.5. The van der Waals surface area contributed by atoms with E-state index in [2.05, 4.69) is 34.8 Å². The molecule has 0 aliphatic rings. The van der Waals surface area contributed by atoms with Crippen molar-refractivity contribution >= 4 is 11.6 Å². The average molecular weight is 245 g/mol. The number of nitrogens with one attached hydrogen (secondary N) is 1. The van der Waals surface area contributed by atoms with Crippen LogP contribution in [-0.2, 0) is 6.54 Å². The Morgan fingerprint density at radius 2 is 2.22 bits per heavy atom. The van der Waals surface area contributed by atoms with Crippen molar-refractivity contribution < 1.29 is 4.74 Å². The average Bonchev–Trinajstić information content (AvgIpc) is 2.78. The van der Waals surface area contributed by atoms with E-state index in [1.54, 1.807) is 13.3 Å². The Balaban J connectivity index is 2.27. The number of hydrogen-bond donors (Lipinski definition) is 1. The molecular formula is C14H19N3O. The van der Waals surface area contributed by atoms with Gasteiger partial charge in [0.2, 0.25) is 5.95 Å². The highest BCUT2D eigenvalue weighted by molar-refractivity contribution is 5.63. The van der Waals surface area contributed by atoms with Crippen molar-refractivity contribution in [3.05, 3.63) is 36.2 Å². The molecule has 0 spiro atoms. The third-order valence-electron chi connectivity index (χ3n) is 2.78. The molecule has 4 nitrogen and oxygen atoms in total. The first-order valence-corrected chi connectivity index (χ1v) is 6.17. The van der Waals surface area contributed by atoms with Crippen molar-refractivity contribution in [3.63, 3.8) is 0 Å². The lowest BCUT2D eigenvalue weighted by molar-refractivity contribution is 0.416. The number of aromatic nitrogens is 2. The minimum Gasteiger partial charge on any atom is -0.495 e. The zero-order chi connectivity index (χ0) is 13.0. The maximum absolute atomic E-state index is 5.35. The third kappa shape index (κ3) is 2.64. The zero-order valence-corrected chi connectivity index (χ0v) is 11.1. The fourth-order valence-corrected chi connectivity index (χ4v) is 1.89. The van der Waals surface area contributed by atoms with Crippen LogP contribution in [0.5, 0.6) is 5.75 Å². The first-order chi connectivity index (χ1) is 8.74. The van der Waals surface area contributed by atoms with Gasteiger partial charge in [-0.15, -0.1) is 0 Å². The van der Waals surface area contributed by atoms with Crippen LogP contribution in [0.15, 0.2) is 30.6 Å². The number of anilines is 2. The van der Waals surface area contributed by atoms with Crippen LogP contribution in [-0.4, -0.2) is 16.7 Å². The van der Waals surface area contributed by atoms with Gasteiger partial charge in [0.05, 0.1) is 12.8 Å². The van der Waals surface area contributed by atoms with Gasteiger partial charge >= 0.3 is 0 Å². The highest BCUT2D eigenvalue weighted by atomic mass is 16.5. The van der Waals surface area contributed by atoms with E-state index >= 15 is 0 Å². The summed E-state index contributed by atoms with van der Waals surface area (Å²) >= 11 is 0. The van der Waals surface area contributed by atoms with Gasteiger partial charge in [-0.1, -0.05) is 13.0 Å². The SMILES string of the molecule is CCCn1ccnc1Nc1cc(C)ccc1OC. The van der Waals surface area contributed by atoms with E-state index in [0.29, 0.717) is 0 Å². The number of rotatable bonds is 5. The van der Waals surface area contributed by atoms with Crippen molar-refractivity contribution in [2.45, 2.75) is 26.8 Å². The fraction of sp³-hybridized carbons (Fsp3) is 0.357. The monoisotopic (exact) mass is 245 g/mol. The molecular weight excluding hydrogens is 226 g/mol. The molecule has 0 aliphatic carbocycles. The summed E-state index contributed by atoms with van der Waals surface area (Å²) in [6, 6.07) is 6.05. The van der Waals surface area contributed by atoms with Crippen molar-refractivity contribution in [1.82, 2.24) is 9.55 Å². The summed E-state index contributed by atoms with van der Waals surface area (Å²) in [7, 11) is 1.67. The molecule has 1 aromatic heterocycles.